The normalized spacial score (nSPS) is 47.3. The molecular formula is C43H79N3O13. The Labute approximate surface area is 353 Å². The molecule has 4 heterocycles. The molecule has 0 aliphatic carbocycles. The first-order chi connectivity index (χ1) is 27.3. The zero-order chi connectivity index (χ0) is 44.5. The Morgan fingerprint density at radius 1 is 0.949 bits per heavy atom. The lowest BCUT2D eigenvalue weighted by atomic mass is 9.77. The average molecular weight is 846 g/mol. The monoisotopic (exact) mass is 846 g/mol. The molecule has 0 bridgehead atoms. The zero-order valence-electron chi connectivity index (χ0n) is 39.0. The fourth-order valence-corrected chi connectivity index (χ4v) is 10.1. The van der Waals surface area contributed by atoms with Gasteiger partial charge >= 0.3 is 11.9 Å². The number of hydrogen-bond acceptors (Lipinski definition) is 16. The number of nitrogens with zero attached hydrogens (tertiary/aromatic N) is 3. The summed E-state index contributed by atoms with van der Waals surface area (Å²) in [7, 11) is 11.1. The highest BCUT2D eigenvalue weighted by Gasteiger charge is 2.57. The third kappa shape index (κ3) is 11.2. The first-order valence-electron chi connectivity index (χ1n) is 21.6. The van der Waals surface area contributed by atoms with Gasteiger partial charge in [0.1, 0.15) is 29.5 Å². The summed E-state index contributed by atoms with van der Waals surface area (Å²) in [5, 5.41) is 24.4. The van der Waals surface area contributed by atoms with E-state index in [0.717, 1.165) is 0 Å². The van der Waals surface area contributed by atoms with Gasteiger partial charge in [-0.2, -0.15) is 0 Å². The number of carbonyl (C=O) groups is 2. The lowest BCUT2D eigenvalue weighted by Gasteiger charge is -2.49. The van der Waals surface area contributed by atoms with Crippen LogP contribution in [0.15, 0.2) is 0 Å². The molecular weight excluding hydrogens is 766 g/mol. The van der Waals surface area contributed by atoms with Crippen molar-refractivity contribution in [3.05, 3.63) is 0 Å². The molecule has 0 aromatic carbocycles. The van der Waals surface area contributed by atoms with E-state index < -0.39 is 102 Å². The standard InChI is InChI=1S/C43H79N3O13/c1-18-31-43(11)36(58-40(59-43)45(14)15)27(6)46(16)22-23(2)20-41(9,50)35(57-39-33(48)30(44(12)13)19-24(3)52-39)25(4)34(26(5)38(49)55-31)56-32-21-42(10,51-17)37(28(7)53-32)54-29(8)47/h23-28,30-37,39-40,48,50H,18-22H2,1-17H3/t23-,24-,25?,26-,27-,28+,30+,31-,32+,33-,34+,35-,36-,37+,39+,40?,41-,42-,43-/m1/s1. The van der Waals surface area contributed by atoms with Crippen molar-refractivity contribution in [2.45, 2.75) is 199 Å². The second-order valence-electron chi connectivity index (χ2n) is 19.2. The molecule has 0 amide bonds. The van der Waals surface area contributed by atoms with Crippen molar-refractivity contribution >= 4 is 11.9 Å². The van der Waals surface area contributed by atoms with Gasteiger partial charge in [-0.15, -0.1) is 0 Å². The maximum atomic E-state index is 14.7. The molecule has 4 aliphatic rings. The number of aliphatic hydroxyl groups excluding tert-OH is 1. The summed E-state index contributed by atoms with van der Waals surface area (Å²) in [4.78, 5) is 32.9. The van der Waals surface area contributed by atoms with E-state index in [1.165, 1.54) is 6.92 Å². The van der Waals surface area contributed by atoms with E-state index in [1.54, 1.807) is 27.9 Å². The third-order valence-corrected chi connectivity index (χ3v) is 13.4. The minimum atomic E-state index is -1.53. The number of esters is 2. The Kier molecular flexibility index (Phi) is 16.9. The van der Waals surface area contributed by atoms with E-state index in [9.17, 15) is 19.8 Å². The number of aliphatic hydroxyl groups is 2. The van der Waals surface area contributed by atoms with Crippen LogP contribution >= 0.6 is 0 Å². The molecule has 0 radical (unpaired) electrons. The molecule has 19 atom stereocenters. The molecule has 16 nitrogen and oxygen atoms in total. The number of likely N-dealkylation sites (N-methyl/N-ethyl adjacent to an activating group) is 2. The van der Waals surface area contributed by atoms with Gasteiger partial charge in [0.2, 0.25) is 6.41 Å². The molecule has 4 saturated heterocycles. The minimum Gasteiger partial charge on any atom is -0.459 e. The summed E-state index contributed by atoms with van der Waals surface area (Å²) in [6.07, 6.45) is -7.07. The maximum absolute atomic E-state index is 14.7. The lowest BCUT2D eigenvalue weighted by Crippen LogP contribution is -2.61. The summed E-state index contributed by atoms with van der Waals surface area (Å²) in [5.41, 5.74) is -3.56. The van der Waals surface area contributed by atoms with Gasteiger partial charge in [-0.1, -0.05) is 20.8 Å². The predicted octanol–water partition coefficient (Wildman–Crippen LogP) is 3.38. The Morgan fingerprint density at radius 2 is 1.59 bits per heavy atom. The molecule has 2 unspecified atom stereocenters. The third-order valence-electron chi connectivity index (χ3n) is 13.4. The fraction of sp³-hybridized carbons (Fsp3) is 0.953. The molecule has 344 valence electrons. The van der Waals surface area contributed by atoms with Crippen molar-refractivity contribution in [3.63, 3.8) is 0 Å². The second-order valence-corrected chi connectivity index (χ2v) is 19.2. The van der Waals surface area contributed by atoms with Crippen molar-refractivity contribution < 1.29 is 62.4 Å². The van der Waals surface area contributed by atoms with Crippen molar-refractivity contribution in [2.24, 2.45) is 17.8 Å². The zero-order valence-corrected chi connectivity index (χ0v) is 39.0. The van der Waals surface area contributed by atoms with Crippen LogP contribution in [0.4, 0.5) is 0 Å². The number of carbonyl (C=O) groups excluding carboxylic acids is 2. The van der Waals surface area contributed by atoms with Gasteiger partial charge in [0, 0.05) is 45.0 Å². The van der Waals surface area contributed by atoms with E-state index in [0.29, 0.717) is 25.8 Å². The molecule has 4 rings (SSSR count). The first kappa shape index (κ1) is 50.1. The van der Waals surface area contributed by atoms with Crippen LogP contribution in [0.25, 0.3) is 0 Å². The van der Waals surface area contributed by atoms with Crippen LogP contribution in [-0.2, 0) is 52.2 Å². The second kappa shape index (κ2) is 19.9. The molecule has 0 aromatic rings. The number of ether oxygens (including phenoxy) is 9. The minimum absolute atomic E-state index is 0.0652. The van der Waals surface area contributed by atoms with Crippen LogP contribution in [0.5, 0.6) is 0 Å². The van der Waals surface area contributed by atoms with E-state index in [4.69, 9.17) is 42.6 Å². The van der Waals surface area contributed by atoms with E-state index in [2.05, 4.69) is 18.7 Å². The van der Waals surface area contributed by atoms with Crippen LogP contribution in [-0.4, -0.2) is 182 Å². The van der Waals surface area contributed by atoms with Crippen LogP contribution in [0.3, 0.4) is 0 Å². The summed E-state index contributed by atoms with van der Waals surface area (Å²) >= 11 is 0. The highest BCUT2D eigenvalue weighted by Crippen LogP contribution is 2.43. The van der Waals surface area contributed by atoms with Crippen LogP contribution < -0.4 is 0 Å². The molecule has 0 aromatic heterocycles. The first-order valence-corrected chi connectivity index (χ1v) is 21.6. The quantitative estimate of drug-likeness (QED) is 0.324. The highest BCUT2D eigenvalue weighted by atomic mass is 16.8. The predicted molar refractivity (Wildman–Crippen MR) is 219 cm³/mol. The Morgan fingerprint density at radius 3 is 2.15 bits per heavy atom. The van der Waals surface area contributed by atoms with Gasteiger partial charge in [0.25, 0.3) is 0 Å². The van der Waals surface area contributed by atoms with E-state index in [1.807, 2.05) is 79.7 Å². The molecule has 2 N–H and O–H groups in total. The Hall–Kier alpha value is -1.54. The smallest absolute Gasteiger partial charge is 0.311 e. The Bertz CT molecular complexity index is 1390. The topological polar surface area (TPSA) is 167 Å². The molecule has 16 heteroatoms. The number of cyclic esters (lactones) is 1. The molecule has 4 fully saturated rings. The number of rotatable bonds is 9. The van der Waals surface area contributed by atoms with Crippen molar-refractivity contribution in [3.8, 4) is 0 Å². The van der Waals surface area contributed by atoms with Crippen LogP contribution in [0.2, 0.25) is 0 Å². The summed E-state index contributed by atoms with van der Waals surface area (Å²) in [5.74, 6) is -2.74. The largest absolute Gasteiger partial charge is 0.459 e. The van der Waals surface area contributed by atoms with Gasteiger partial charge in [-0.05, 0) is 109 Å². The van der Waals surface area contributed by atoms with Crippen molar-refractivity contribution in [2.75, 3.05) is 48.9 Å². The van der Waals surface area contributed by atoms with Crippen molar-refractivity contribution in [1.29, 1.82) is 0 Å². The number of hydrogen-bond donors (Lipinski definition) is 2. The van der Waals surface area contributed by atoms with Gasteiger partial charge in [0.15, 0.2) is 18.7 Å². The van der Waals surface area contributed by atoms with E-state index in [-0.39, 0.29) is 30.5 Å². The summed E-state index contributed by atoms with van der Waals surface area (Å²) < 4.78 is 57.9. The number of fused-ring (bicyclic) bond motifs is 1. The SMILES string of the molecule is CC[C@H]1OC(=O)[C@H](C)[C@@H](O[C@H]2C[C@@](C)(OC)[C@@H](OC(C)=O)[C@H](C)O2)C(C)[C@@H](O[C@@H]2O[C@H](C)C[C@H](N(C)C)[C@H]2O)[C@](C)(O)C[C@@H](C)CN(C)[C@H](C)[C@H]2OC(N(C)C)O[C@@]21C. The van der Waals surface area contributed by atoms with Gasteiger partial charge in [-0.3, -0.25) is 14.5 Å². The average Bonchev–Trinajstić information content (AvgIpc) is 3.50. The van der Waals surface area contributed by atoms with E-state index >= 15 is 0 Å². The number of methoxy groups -OCH3 is 1. The maximum Gasteiger partial charge on any atom is 0.311 e. The summed E-state index contributed by atoms with van der Waals surface area (Å²) in [6.45, 7) is 20.9. The fourth-order valence-electron chi connectivity index (χ4n) is 10.1. The van der Waals surface area contributed by atoms with Gasteiger partial charge < -0.3 is 62.6 Å². The molecule has 0 spiro atoms. The summed E-state index contributed by atoms with van der Waals surface area (Å²) in [6, 6.07) is -0.445. The lowest BCUT2D eigenvalue weighted by molar-refractivity contribution is -0.318. The Balaban J connectivity index is 1.84. The van der Waals surface area contributed by atoms with Gasteiger partial charge in [0.05, 0.1) is 35.9 Å². The molecule has 4 aliphatic heterocycles. The van der Waals surface area contributed by atoms with Crippen LogP contribution in [0, 0.1) is 17.8 Å². The molecule has 59 heavy (non-hydrogen) atoms. The van der Waals surface area contributed by atoms with Crippen molar-refractivity contribution in [1.82, 2.24) is 14.7 Å². The van der Waals surface area contributed by atoms with Crippen LogP contribution in [0.1, 0.15) is 102 Å². The molecule has 0 saturated carbocycles. The highest BCUT2D eigenvalue weighted by molar-refractivity contribution is 5.73. The van der Waals surface area contributed by atoms with Gasteiger partial charge in [-0.25, -0.2) is 0 Å².